The van der Waals surface area contributed by atoms with Gasteiger partial charge in [0.1, 0.15) is 0 Å². The van der Waals surface area contributed by atoms with Crippen LogP contribution < -0.4 is 0 Å². The molecule has 0 amide bonds. The number of carboxylic acid groups (broad SMARTS) is 1. The predicted octanol–water partition coefficient (Wildman–Crippen LogP) is 1.20. The molecule has 1 fully saturated rings. The Hall–Kier alpha value is -1.47. The summed E-state index contributed by atoms with van der Waals surface area (Å²) in [5, 5.41) is 8.63. The third-order valence-corrected chi connectivity index (χ3v) is 5.14. The topological polar surface area (TPSA) is 87.6 Å². The van der Waals surface area contributed by atoms with E-state index in [4.69, 9.17) is 5.11 Å². The molecule has 0 saturated heterocycles. The van der Waals surface area contributed by atoms with E-state index < -0.39 is 16.0 Å². The van der Waals surface area contributed by atoms with Gasteiger partial charge in [-0.05, 0) is 30.9 Å². The molecule has 0 aromatic carbocycles. The molecule has 0 atom stereocenters. The van der Waals surface area contributed by atoms with Crippen LogP contribution in [0.15, 0.2) is 23.4 Å². The molecule has 6 nitrogen and oxygen atoms in total. The highest BCUT2D eigenvalue weighted by Gasteiger charge is 2.27. The highest BCUT2D eigenvalue weighted by molar-refractivity contribution is 7.89. The first-order valence-corrected chi connectivity index (χ1v) is 7.51. The van der Waals surface area contributed by atoms with Crippen molar-refractivity contribution >= 4 is 16.0 Å². The first-order chi connectivity index (χ1) is 8.91. The molecule has 1 aromatic heterocycles. The van der Waals surface area contributed by atoms with Gasteiger partial charge in [0.25, 0.3) is 10.0 Å². The van der Waals surface area contributed by atoms with Gasteiger partial charge in [-0.15, -0.1) is 0 Å². The van der Waals surface area contributed by atoms with Gasteiger partial charge in [0.15, 0.2) is 5.03 Å². The van der Waals surface area contributed by atoms with E-state index in [0.29, 0.717) is 12.5 Å². The number of rotatable bonds is 5. The average Bonchev–Trinajstić information content (AvgIpc) is 2.33. The molecule has 1 aromatic rings. The van der Waals surface area contributed by atoms with Gasteiger partial charge in [0, 0.05) is 19.8 Å². The fourth-order valence-corrected chi connectivity index (χ4v) is 3.11. The van der Waals surface area contributed by atoms with Crippen LogP contribution in [0.3, 0.4) is 0 Å². The maximum atomic E-state index is 12.2. The summed E-state index contributed by atoms with van der Waals surface area (Å²) in [5.41, 5.74) is -0.0272. The number of sulfonamides is 1. The van der Waals surface area contributed by atoms with Gasteiger partial charge in [-0.3, -0.25) is 0 Å². The van der Waals surface area contributed by atoms with Crippen LogP contribution in [0, 0.1) is 5.92 Å². The molecular weight excluding hydrogens is 268 g/mol. The Labute approximate surface area is 112 Å². The van der Waals surface area contributed by atoms with Crippen molar-refractivity contribution in [2.75, 3.05) is 13.6 Å². The van der Waals surface area contributed by atoms with Gasteiger partial charge in [0.2, 0.25) is 0 Å². The molecule has 19 heavy (non-hydrogen) atoms. The van der Waals surface area contributed by atoms with Crippen LogP contribution in [0.2, 0.25) is 0 Å². The Morgan fingerprint density at radius 3 is 2.58 bits per heavy atom. The van der Waals surface area contributed by atoms with Crippen LogP contribution in [0.1, 0.15) is 29.6 Å². The van der Waals surface area contributed by atoms with Crippen molar-refractivity contribution in [2.45, 2.75) is 24.3 Å². The Morgan fingerprint density at radius 2 is 2.16 bits per heavy atom. The molecule has 0 spiro atoms. The summed E-state index contributed by atoms with van der Waals surface area (Å²) in [6.07, 6.45) is 4.34. The number of aromatic nitrogens is 1. The van der Waals surface area contributed by atoms with Crippen LogP contribution in [0.5, 0.6) is 0 Å². The molecule has 1 aliphatic carbocycles. The second kappa shape index (κ2) is 5.26. The molecule has 2 rings (SSSR count). The Kier molecular flexibility index (Phi) is 3.86. The summed E-state index contributed by atoms with van der Waals surface area (Å²) in [6, 6.07) is 2.48. The maximum Gasteiger partial charge on any atom is 0.337 e. The minimum absolute atomic E-state index is 0.0272. The standard InChI is InChI=1S/C12H16N2O4S/c1-14(8-9-3-2-4-9)19(17,18)11-6-5-10(7-13-11)12(15)16/h5-7,9H,2-4,8H2,1H3,(H,15,16). The van der Waals surface area contributed by atoms with Crippen LogP contribution in [0.25, 0.3) is 0 Å². The van der Waals surface area contributed by atoms with E-state index in [1.54, 1.807) is 0 Å². The van der Waals surface area contributed by atoms with Crippen molar-refractivity contribution in [3.8, 4) is 0 Å². The number of hydrogen-bond donors (Lipinski definition) is 1. The van der Waals surface area contributed by atoms with E-state index in [1.807, 2.05) is 0 Å². The van der Waals surface area contributed by atoms with Crippen molar-refractivity contribution in [2.24, 2.45) is 5.92 Å². The first-order valence-electron chi connectivity index (χ1n) is 6.07. The van der Waals surface area contributed by atoms with E-state index in [0.717, 1.165) is 25.5 Å². The van der Waals surface area contributed by atoms with Crippen molar-refractivity contribution < 1.29 is 18.3 Å². The molecule has 1 saturated carbocycles. The molecule has 1 aliphatic rings. The zero-order valence-corrected chi connectivity index (χ0v) is 11.4. The van der Waals surface area contributed by atoms with E-state index in [9.17, 15) is 13.2 Å². The number of aromatic carboxylic acids is 1. The summed E-state index contributed by atoms with van der Waals surface area (Å²) in [5.74, 6) is -0.697. The predicted molar refractivity (Wildman–Crippen MR) is 68.4 cm³/mol. The lowest BCUT2D eigenvalue weighted by Crippen LogP contribution is -2.34. The molecule has 0 unspecified atom stereocenters. The molecule has 1 heterocycles. The highest BCUT2D eigenvalue weighted by atomic mass is 32.2. The number of hydrogen-bond acceptors (Lipinski definition) is 4. The van der Waals surface area contributed by atoms with Gasteiger partial charge < -0.3 is 5.11 Å². The zero-order chi connectivity index (χ0) is 14.0. The highest BCUT2D eigenvalue weighted by Crippen LogP contribution is 2.28. The summed E-state index contributed by atoms with van der Waals surface area (Å²) >= 11 is 0. The Morgan fingerprint density at radius 1 is 1.47 bits per heavy atom. The number of carboxylic acids is 1. The van der Waals surface area contributed by atoms with Gasteiger partial charge in [-0.1, -0.05) is 6.42 Å². The maximum absolute atomic E-state index is 12.2. The number of pyridine rings is 1. The summed E-state index contributed by atoms with van der Waals surface area (Å²) in [4.78, 5) is 14.4. The minimum Gasteiger partial charge on any atom is -0.478 e. The SMILES string of the molecule is CN(CC1CCC1)S(=O)(=O)c1ccc(C(=O)O)cn1. The van der Waals surface area contributed by atoms with E-state index >= 15 is 0 Å². The van der Waals surface area contributed by atoms with Crippen molar-refractivity contribution in [3.63, 3.8) is 0 Å². The molecular formula is C12H16N2O4S. The zero-order valence-electron chi connectivity index (χ0n) is 10.6. The van der Waals surface area contributed by atoms with E-state index in [-0.39, 0.29) is 10.6 Å². The monoisotopic (exact) mass is 284 g/mol. The third-order valence-electron chi connectivity index (χ3n) is 3.40. The lowest BCUT2D eigenvalue weighted by atomic mass is 9.86. The van der Waals surface area contributed by atoms with Gasteiger partial charge in [-0.25, -0.2) is 18.2 Å². The fourth-order valence-electron chi connectivity index (χ4n) is 1.96. The van der Waals surface area contributed by atoms with Crippen LogP contribution in [0.4, 0.5) is 0 Å². The molecule has 0 radical (unpaired) electrons. The fraction of sp³-hybridized carbons (Fsp3) is 0.500. The normalized spacial score (nSPS) is 16.3. The lowest BCUT2D eigenvalue weighted by molar-refractivity contribution is 0.0696. The van der Waals surface area contributed by atoms with Crippen LogP contribution in [-0.2, 0) is 10.0 Å². The minimum atomic E-state index is -3.62. The number of carbonyl (C=O) groups is 1. The van der Waals surface area contributed by atoms with E-state index in [2.05, 4.69) is 4.98 Å². The Balaban J connectivity index is 2.15. The van der Waals surface area contributed by atoms with Crippen molar-refractivity contribution in [3.05, 3.63) is 23.9 Å². The second-order valence-corrected chi connectivity index (χ2v) is 6.76. The largest absolute Gasteiger partial charge is 0.478 e. The van der Waals surface area contributed by atoms with Crippen molar-refractivity contribution in [1.82, 2.24) is 9.29 Å². The Bertz CT molecular complexity index is 564. The summed E-state index contributed by atoms with van der Waals surface area (Å²) in [6.45, 7) is 0.491. The molecule has 7 heteroatoms. The molecule has 0 bridgehead atoms. The number of nitrogens with zero attached hydrogens (tertiary/aromatic N) is 2. The van der Waals surface area contributed by atoms with Crippen LogP contribution in [-0.4, -0.2) is 42.4 Å². The summed E-state index contributed by atoms with van der Waals surface area (Å²) < 4.78 is 25.7. The van der Waals surface area contributed by atoms with Gasteiger partial charge in [-0.2, -0.15) is 4.31 Å². The first kappa shape index (κ1) is 14.0. The molecule has 104 valence electrons. The van der Waals surface area contributed by atoms with Gasteiger partial charge >= 0.3 is 5.97 Å². The van der Waals surface area contributed by atoms with Crippen molar-refractivity contribution in [1.29, 1.82) is 0 Å². The van der Waals surface area contributed by atoms with E-state index in [1.165, 1.54) is 23.5 Å². The molecule has 0 aliphatic heterocycles. The smallest absolute Gasteiger partial charge is 0.337 e. The lowest BCUT2D eigenvalue weighted by Gasteiger charge is -2.29. The second-order valence-electron chi connectivity index (χ2n) is 4.77. The van der Waals surface area contributed by atoms with Gasteiger partial charge in [0.05, 0.1) is 5.56 Å². The average molecular weight is 284 g/mol. The quantitative estimate of drug-likeness (QED) is 0.877. The third kappa shape index (κ3) is 2.93. The summed E-state index contributed by atoms with van der Waals surface area (Å²) in [7, 11) is -2.10. The van der Waals surface area contributed by atoms with Crippen LogP contribution >= 0.6 is 0 Å². The molecule has 1 N–H and O–H groups in total.